The third-order valence-corrected chi connectivity index (χ3v) is 6.45. The zero-order valence-electron chi connectivity index (χ0n) is 13.4. The van der Waals surface area contributed by atoms with Crippen molar-refractivity contribution in [1.82, 2.24) is 10.2 Å². The smallest absolute Gasteiger partial charge is 0.277 e. The molecule has 1 aliphatic heterocycles. The number of carbonyl (C=O) groups excluding carboxylic acids is 1. The van der Waals surface area contributed by atoms with Crippen LogP contribution in [0.1, 0.15) is 12.3 Å². The van der Waals surface area contributed by atoms with E-state index in [0.29, 0.717) is 18.7 Å². The molecule has 1 amide bonds. The van der Waals surface area contributed by atoms with Crippen LogP contribution >= 0.6 is 11.8 Å². The molecule has 7 nitrogen and oxygen atoms in total. The number of nitrogens with zero attached hydrogens (tertiary/aromatic N) is 2. The van der Waals surface area contributed by atoms with Gasteiger partial charge in [0.2, 0.25) is 11.8 Å². The minimum Gasteiger partial charge on any atom is -0.416 e. The molecule has 1 atom stereocenters. The summed E-state index contributed by atoms with van der Waals surface area (Å²) >= 11 is 0.923. The molecule has 0 spiro atoms. The van der Waals surface area contributed by atoms with Crippen LogP contribution in [-0.2, 0) is 21.1 Å². The minimum absolute atomic E-state index is 0.0503. The highest BCUT2D eigenvalue weighted by Crippen LogP contribution is 2.24. The fourth-order valence-corrected chi connectivity index (χ4v) is 5.02. The van der Waals surface area contributed by atoms with Crippen LogP contribution in [-0.4, -0.2) is 41.8 Å². The first kappa shape index (κ1) is 18.8. The largest absolute Gasteiger partial charge is 0.416 e. The summed E-state index contributed by atoms with van der Waals surface area (Å²) in [5.74, 6) is -2.01. The Morgan fingerprint density at radius 2 is 2.04 bits per heavy atom. The lowest BCUT2D eigenvalue weighted by Gasteiger charge is -2.06. The quantitative estimate of drug-likeness (QED) is 0.737. The van der Waals surface area contributed by atoms with Crippen molar-refractivity contribution < 1.29 is 26.4 Å². The van der Waals surface area contributed by atoms with Crippen LogP contribution in [0.3, 0.4) is 0 Å². The maximum absolute atomic E-state index is 13.5. The Balaban J connectivity index is 1.51. The molecule has 1 aromatic heterocycles. The van der Waals surface area contributed by atoms with Gasteiger partial charge < -0.3 is 9.73 Å². The lowest BCUT2D eigenvalue weighted by Crippen LogP contribution is -2.16. The Bertz CT molecular complexity index is 897. The number of amides is 1. The van der Waals surface area contributed by atoms with Crippen molar-refractivity contribution >= 4 is 33.2 Å². The fourth-order valence-electron chi connectivity index (χ4n) is 2.58. The first-order chi connectivity index (χ1) is 12.3. The summed E-state index contributed by atoms with van der Waals surface area (Å²) in [5.41, 5.74) is -0.508. The average Bonchev–Trinajstić information content (AvgIpc) is 3.15. The summed E-state index contributed by atoms with van der Waals surface area (Å²) in [6.07, 6.45) is 0.920. The van der Waals surface area contributed by atoms with Gasteiger partial charge in [-0.1, -0.05) is 17.8 Å². The topological polar surface area (TPSA) is 102 Å². The first-order valence-electron chi connectivity index (χ1n) is 7.72. The highest BCUT2D eigenvalue weighted by Gasteiger charge is 2.29. The Morgan fingerprint density at radius 1 is 1.31 bits per heavy atom. The second-order valence-electron chi connectivity index (χ2n) is 5.87. The van der Waals surface area contributed by atoms with E-state index in [2.05, 4.69) is 15.5 Å². The molecule has 26 heavy (non-hydrogen) atoms. The van der Waals surface area contributed by atoms with Crippen LogP contribution in [0.4, 0.5) is 14.5 Å². The minimum atomic E-state index is -2.98. The van der Waals surface area contributed by atoms with Crippen molar-refractivity contribution in [3.63, 3.8) is 0 Å². The number of hydrogen-bond donors (Lipinski definition) is 1. The van der Waals surface area contributed by atoms with Crippen LogP contribution in [0.15, 0.2) is 27.8 Å². The van der Waals surface area contributed by atoms with Crippen molar-refractivity contribution in [2.24, 2.45) is 5.92 Å². The van der Waals surface area contributed by atoms with E-state index in [4.69, 9.17) is 4.42 Å². The Kier molecular flexibility index (Phi) is 5.56. The number of rotatable bonds is 6. The molecule has 0 radical (unpaired) electrons. The molecule has 1 N–H and O–H groups in total. The predicted octanol–water partition coefficient (Wildman–Crippen LogP) is 2.06. The third-order valence-electron chi connectivity index (χ3n) is 3.79. The molecule has 3 rings (SSSR count). The van der Waals surface area contributed by atoms with Gasteiger partial charge in [-0.15, -0.1) is 10.2 Å². The van der Waals surface area contributed by atoms with Crippen molar-refractivity contribution in [1.29, 1.82) is 0 Å². The Hall–Kier alpha value is -2.01. The molecule has 2 heterocycles. The second kappa shape index (κ2) is 7.70. The number of nitrogens with one attached hydrogen (secondary N) is 1. The fraction of sp³-hybridized carbons (Fsp3) is 0.400. The van der Waals surface area contributed by atoms with E-state index in [1.165, 1.54) is 6.07 Å². The molecule has 11 heteroatoms. The van der Waals surface area contributed by atoms with Crippen molar-refractivity contribution in [2.45, 2.75) is 18.1 Å². The molecule has 1 saturated heterocycles. The number of benzene rings is 1. The van der Waals surface area contributed by atoms with Crippen LogP contribution < -0.4 is 5.32 Å². The molecule has 0 aliphatic carbocycles. The number of sulfone groups is 1. The molecule has 1 aromatic carbocycles. The number of anilines is 1. The maximum atomic E-state index is 13.5. The highest BCUT2D eigenvalue weighted by atomic mass is 32.2. The zero-order chi connectivity index (χ0) is 18.7. The summed E-state index contributed by atoms with van der Waals surface area (Å²) < 4.78 is 55.2. The van der Waals surface area contributed by atoms with Gasteiger partial charge in [0.25, 0.3) is 5.22 Å². The lowest BCUT2D eigenvalue weighted by atomic mass is 10.1. The standard InChI is InChI=1S/C15H15F2N3O4S2/c16-10-2-1-3-11(17)14(10)18-12(21)7-25-15-20-19-13(24-15)6-9-4-5-26(22,23)8-9/h1-3,9H,4-8H2,(H,18,21)/t9-/m0/s1. The molecule has 1 fully saturated rings. The summed E-state index contributed by atoms with van der Waals surface area (Å²) in [4.78, 5) is 11.8. The molecule has 0 bridgehead atoms. The number of aromatic nitrogens is 2. The number of halogens is 2. The van der Waals surface area contributed by atoms with E-state index in [9.17, 15) is 22.0 Å². The predicted molar refractivity (Wildman–Crippen MR) is 90.5 cm³/mol. The number of thioether (sulfide) groups is 1. The lowest BCUT2D eigenvalue weighted by molar-refractivity contribution is -0.113. The normalized spacial score (nSPS) is 18.8. The summed E-state index contributed by atoms with van der Waals surface area (Å²) in [6, 6.07) is 3.28. The summed E-state index contributed by atoms with van der Waals surface area (Å²) in [5, 5.41) is 9.90. The second-order valence-corrected chi connectivity index (χ2v) is 9.02. The average molecular weight is 403 g/mol. The number of para-hydroxylation sites is 1. The maximum Gasteiger partial charge on any atom is 0.277 e. The van der Waals surface area contributed by atoms with Crippen molar-refractivity contribution in [3.8, 4) is 0 Å². The number of hydrogen-bond acceptors (Lipinski definition) is 7. The van der Waals surface area contributed by atoms with Gasteiger partial charge in [0.05, 0.1) is 17.3 Å². The van der Waals surface area contributed by atoms with Crippen LogP contribution in [0, 0.1) is 17.6 Å². The van der Waals surface area contributed by atoms with E-state index in [-0.39, 0.29) is 28.4 Å². The van der Waals surface area contributed by atoms with E-state index in [1.54, 1.807) is 0 Å². The van der Waals surface area contributed by atoms with Crippen molar-refractivity contribution in [3.05, 3.63) is 35.7 Å². The van der Waals surface area contributed by atoms with E-state index < -0.39 is 33.1 Å². The van der Waals surface area contributed by atoms with Gasteiger partial charge >= 0.3 is 0 Å². The van der Waals surface area contributed by atoms with Gasteiger partial charge in [0.15, 0.2) is 9.84 Å². The molecule has 2 aromatic rings. The van der Waals surface area contributed by atoms with Gasteiger partial charge in [-0.25, -0.2) is 17.2 Å². The van der Waals surface area contributed by atoms with Crippen LogP contribution in [0.25, 0.3) is 0 Å². The van der Waals surface area contributed by atoms with Crippen molar-refractivity contribution in [2.75, 3.05) is 22.6 Å². The monoisotopic (exact) mass is 403 g/mol. The molecule has 1 aliphatic rings. The molecule has 140 valence electrons. The van der Waals surface area contributed by atoms with E-state index in [0.717, 1.165) is 23.9 Å². The van der Waals surface area contributed by atoms with Crippen LogP contribution in [0.5, 0.6) is 0 Å². The van der Waals surface area contributed by atoms with Gasteiger partial charge in [0, 0.05) is 6.42 Å². The summed E-state index contributed by atoms with van der Waals surface area (Å²) in [6.45, 7) is 0. The molecule has 0 unspecified atom stereocenters. The molecular weight excluding hydrogens is 388 g/mol. The van der Waals surface area contributed by atoms with Crippen LogP contribution in [0.2, 0.25) is 0 Å². The van der Waals surface area contributed by atoms with Gasteiger partial charge in [0.1, 0.15) is 17.3 Å². The molecule has 0 saturated carbocycles. The van der Waals surface area contributed by atoms with Gasteiger partial charge in [-0.2, -0.15) is 0 Å². The Morgan fingerprint density at radius 3 is 2.69 bits per heavy atom. The molecular formula is C15H15F2N3O4S2. The Labute approximate surface area is 152 Å². The van der Waals surface area contributed by atoms with Gasteiger partial charge in [-0.05, 0) is 24.5 Å². The third kappa shape index (κ3) is 4.79. The summed E-state index contributed by atoms with van der Waals surface area (Å²) in [7, 11) is -2.98. The number of carbonyl (C=O) groups is 1. The highest BCUT2D eigenvalue weighted by molar-refractivity contribution is 7.99. The zero-order valence-corrected chi connectivity index (χ0v) is 15.1. The SMILES string of the molecule is O=C(CSc1nnc(C[C@@H]2CCS(=O)(=O)C2)o1)Nc1c(F)cccc1F. The first-order valence-corrected chi connectivity index (χ1v) is 10.5. The van der Waals surface area contributed by atoms with Gasteiger partial charge in [-0.3, -0.25) is 4.79 Å². The van der Waals surface area contributed by atoms with E-state index in [1.807, 2.05) is 0 Å². The van der Waals surface area contributed by atoms with E-state index >= 15 is 0 Å².